The summed E-state index contributed by atoms with van der Waals surface area (Å²) in [6.45, 7) is 8.97. The van der Waals surface area contributed by atoms with Crippen LogP contribution in [-0.4, -0.2) is 70.1 Å². The van der Waals surface area contributed by atoms with Crippen molar-refractivity contribution in [2.45, 2.75) is 44.3 Å². The van der Waals surface area contributed by atoms with E-state index in [0.29, 0.717) is 45.1 Å². The number of nitrogens with zero attached hydrogens (tertiary/aromatic N) is 1. The summed E-state index contributed by atoms with van der Waals surface area (Å²) in [5.74, 6) is -0.723. The molecule has 1 aromatic heterocycles. The fourth-order valence-corrected chi connectivity index (χ4v) is 4.47. The second-order valence-corrected chi connectivity index (χ2v) is 11.1. The van der Waals surface area contributed by atoms with Crippen molar-refractivity contribution in [1.29, 1.82) is 0 Å². The lowest BCUT2D eigenvalue weighted by molar-refractivity contribution is -0.118. The summed E-state index contributed by atoms with van der Waals surface area (Å²) in [5.41, 5.74) is 0.138. The Balaban J connectivity index is 2.01. The molecule has 29 heavy (non-hydrogen) atoms. The number of carbonyl (C=O) groups is 1. The average Bonchev–Trinajstić information content (AvgIpc) is 3.30. The Bertz CT molecular complexity index is 780. The Hall–Kier alpha value is -1.49. The lowest BCUT2D eigenvalue weighted by Gasteiger charge is -2.24. The zero-order chi connectivity index (χ0) is 21.7. The number of sulfone groups is 1. The van der Waals surface area contributed by atoms with Gasteiger partial charge >= 0.3 is 0 Å². The van der Waals surface area contributed by atoms with Gasteiger partial charge in [-0.2, -0.15) is 0 Å². The number of aromatic nitrogens is 1. The molecule has 1 aliphatic heterocycles. The number of carbonyl (C=O) groups excluding carboxylic acids is 1. The van der Waals surface area contributed by atoms with Crippen LogP contribution in [0.4, 0.5) is 5.88 Å². The first-order valence-electron chi connectivity index (χ1n) is 9.65. The molecule has 0 spiro atoms. The molecule has 0 bridgehead atoms. The Kier molecular flexibility index (Phi) is 7.83. The summed E-state index contributed by atoms with van der Waals surface area (Å²) >= 11 is 0. The van der Waals surface area contributed by atoms with Crippen LogP contribution in [0, 0.1) is 5.92 Å². The maximum absolute atomic E-state index is 12.8. The van der Waals surface area contributed by atoms with Gasteiger partial charge in [0.2, 0.25) is 11.8 Å². The predicted octanol–water partition coefficient (Wildman–Crippen LogP) is 1.78. The summed E-state index contributed by atoms with van der Waals surface area (Å²) in [7, 11) is -2.09. The van der Waals surface area contributed by atoms with Gasteiger partial charge in [-0.25, -0.2) is 8.42 Å². The molecule has 2 heterocycles. The van der Waals surface area contributed by atoms with Crippen molar-refractivity contribution < 1.29 is 31.9 Å². The van der Waals surface area contributed by atoms with E-state index in [2.05, 4.69) is 10.5 Å². The standard InChI is InChI=1S/C19H32N2O7S/c1-18(2,13-27-9-8-25-5)15-10-16(28-21-15)20-17(22)19(3,4)29(23,24)12-14-6-7-26-11-14/h10,14H,6-9,11-13H2,1-5H3,(H,20,22)/t14-/m0/s1. The number of anilines is 1. The molecule has 1 aromatic rings. The lowest BCUT2D eigenvalue weighted by atomic mass is 9.90. The van der Waals surface area contributed by atoms with E-state index in [1.807, 2.05) is 13.8 Å². The molecule has 166 valence electrons. The van der Waals surface area contributed by atoms with E-state index < -0.39 is 25.9 Å². The number of methoxy groups -OCH3 is 1. The monoisotopic (exact) mass is 432 g/mol. The van der Waals surface area contributed by atoms with Crippen LogP contribution in [-0.2, 0) is 34.3 Å². The molecule has 0 aromatic carbocycles. The maximum Gasteiger partial charge on any atom is 0.247 e. The highest BCUT2D eigenvalue weighted by molar-refractivity contribution is 7.93. The van der Waals surface area contributed by atoms with Gasteiger partial charge in [0.25, 0.3) is 0 Å². The molecule has 9 nitrogen and oxygen atoms in total. The summed E-state index contributed by atoms with van der Waals surface area (Å²) in [6, 6.07) is 1.59. The van der Waals surface area contributed by atoms with Crippen LogP contribution >= 0.6 is 0 Å². The molecule has 1 saturated heterocycles. The first kappa shape index (κ1) is 23.8. The van der Waals surface area contributed by atoms with Gasteiger partial charge in [-0.05, 0) is 26.2 Å². The zero-order valence-electron chi connectivity index (χ0n) is 17.8. The predicted molar refractivity (Wildman–Crippen MR) is 108 cm³/mol. The van der Waals surface area contributed by atoms with Crippen molar-refractivity contribution in [1.82, 2.24) is 5.16 Å². The van der Waals surface area contributed by atoms with Crippen LogP contribution < -0.4 is 5.32 Å². The van der Waals surface area contributed by atoms with Gasteiger partial charge in [0.05, 0.1) is 37.9 Å². The highest BCUT2D eigenvalue weighted by Crippen LogP contribution is 2.28. The van der Waals surface area contributed by atoms with Crippen LogP contribution in [0.3, 0.4) is 0 Å². The molecule has 1 amide bonds. The first-order valence-corrected chi connectivity index (χ1v) is 11.3. The largest absolute Gasteiger partial charge is 0.382 e. The Labute approximate surface area is 172 Å². The van der Waals surface area contributed by atoms with E-state index in [4.69, 9.17) is 18.7 Å². The van der Waals surface area contributed by atoms with Gasteiger partial charge in [-0.15, -0.1) is 0 Å². The van der Waals surface area contributed by atoms with E-state index in [9.17, 15) is 13.2 Å². The van der Waals surface area contributed by atoms with E-state index in [1.165, 1.54) is 13.8 Å². The Morgan fingerprint density at radius 1 is 1.31 bits per heavy atom. The molecule has 0 radical (unpaired) electrons. The molecule has 1 fully saturated rings. The molecule has 1 aliphatic rings. The summed E-state index contributed by atoms with van der Waals surface area (Å²) < 4.78 is 44.9. The maximum atomic E-state index is 12.8. The SMILES string of the molecule is COCCOCC(C)(C)c1cc(NC(=O)C(C)(C)S(=O)(=O)C[C@H]2CCOC2)on1. The van der Waals surface area contributed by atoms with Crippen molar-refractivity contribution in [2.75, 3.05) is 51.2 Å². The van der Waals surface area contributed by atoms with Crippen molar-refractivity contribution in [2.24, 2.45) is 5.92 Å². The van der Waals surface area contributed by atoms with E-state index >= 15 is 0 Å². The molecule has 1 atom stereocenters. The highest BCUT2D eigenvalue weighted by atomic mass is 32.2. The number of hydrogen-bond acceptors (Lipinski definition) is 8. The smallest absolute Gasteiger partial charge is 0.247 e. The molecular formula is C19H32N2O7S. The van der Waals surface area contributed by atoms with Crippen LogP contribution in [0.1, 0.15) is 39.8 Å². The molecule has 1 N–H and O–H groups in total. The second kappa shape index (κ2) is 9.55. The number of ether oxygens (including phenoxy) is 3. The molecule has 0 unspecified atom stereocenters. The molecule has 2 rings (SSSR count). The van der Waals surface area contributed by atoms with Gasteiger partial charge in [-0.3, -0.25) is 10.1 Å². The third-order valence-corrected chi connectivity index (χ3v) is 7.79. The highest BCUT2D eigenvalue weighted by Gasteiger charge is 2.43. The number of nitrogens with one attached hydrogen (secondary N) is 1. The van der Waals surface area contributed by atoms with E-state index in [-0.39, 0.29) is 17.6 Å². The molecule has 0 aliphatic carbocycles. The number of hydrogen-bond donors (Lipinski definition) is 1. The van der Waals surface area contributed by atoms with Gasteiger partial charge in [0.15, 0.2) is 9.84 Å². The van der Waals surface area contributed by atoms with Crippen LogP contribution in [0.5, 0.6) is 0 Å². The van der Waals surface area contributed by atoms with Gasteiger partial charge in [0.1, 0.15) is 4.75 Å². The minimum atomic E-state index is -3.69. The fourth-order valence-electron chi connectivity index (χ4n) is 2.83. The Morgan fingerprint density at radius 2 is 2.03 bits per heavy atom. The van der Waals surface area contributed by atoms with E-state index in [1.54, 1.807) is 13.2 Å². The molecular weight excluding hydrogens is 400 g/mol. The van der Waals surface area contributed by atoms with E-state index in [0.717, 1.165) is 0 Å². The van der Waals surface area contributed by atoms with Crippen LogP contribution in [0.2, 0.25) is 0 Å². The van der Waals surface area contributed by atoms with Crippen molar-refractivity contribution >= 4 is 21.6 Å². The topological polar surface area (TPSA) is 117 Å². The first-order chi connectivity index (χ1) is 13.5. The minimum Gasteiger partial charge on any atom is -0.382 e. The van der Waals surface area contributed by atoms with Crippen LogP contribution in [0.15, 0.2) is 10.6 Å². The number of rotatable bonds is 11. The van der Waals surface area contributed by atoms with Crippen molar-refractivity contribution in [3.63, 3.8) is 0 Å². The van der Waals surface area contributed by atoms with Crippen molar-refractivity contribution in [3.8, 4) is 0 Å². The quantitative estimate of drug-likeness (QED) is 0.526. The zero-order valence-corrected chi connectivity index (χ0v) is 18.6. The van der Waals surface area contributed by atoms with Gasteiger partial charge in [0, 0.05) is 25.2 Å². The Morgan fingerprint density at radius 3 is 2.66 bits per heavy atom. The van der Waals surface area contributed by atoms with Gasteiger partial charge < -0.3 is 18.7 Å². The molecule has 0 saturated carbocycles. The summed E-state index contributed by atoms with van der Waals surface area (Å²) in [4.78, 5) is 12.7. The van der Waals surface area contributed by atoms with Crippen molar-refractivity contribution in [3.05, 3.63) is 11.8 Å². The third kappa shape index (κ3) is 6.00. The normalized spacial score (nSPS) is 18.2. The summed E-state index contributed by atoms with van der Waals surface area (Å²) in [5, 5.41) is 6.54. The summed E-state index contributed by atoms with van der Waals surface area (Å²) in [6.07, 6.45) is 0.684. The lowest BCUT2D eigenvalue weighted by Crippen LogP contribution is -2.46. The average molecular weight is 433 g/mol. The van der Waals surface area contributed by atoms with Gasteiger partial charge in [-0.1, -0.05) is 19.0 Å². The van der Waals surface area contributed by atoms with Crippen LogP contribution in [0.25, 0.3) is 0 Å². The third-order valence-electron chi connectivity index (χ3n) is 5.14. The second-order valence-electron chi connectivity index (χ2n) is 8.48. The molecule has 10 heteroatoms. The minimum absolute atomic E-state index is 0.0807. The fraction of sp³-hybridized carbons (Fsp3) is 0.789. The number of amides is 1.